The van der Waals surface area contributed by atoms with Crippen LogP contribution in [0.2, 0.25) is 0 Å². The second kappa shape index (κ2) is 2.88. The summed E-state index contributed by atoms with van der Waals surface area (Å²) in [5.74, 6) is 2.58. The molecule has 0 saturated heterocycles. The van der Waals surface area contributed by atoms with E-state index in [1.165, 1.54) is 19.3 Å². The molecule has 1 heterocycles. The highest BCUT2D eigenvalue weighted by Gasteiger charge is 2.27. The molecule has 1 aromatic rings. The third-order valence-corrected chi connectivity index (χ3v) is 3.01. The molecule has 3 heteroatoms. The van der Waals surface area contributed by atoms with Crippen molar-refractivity contribution < 1.29 is 0 Å². The van der Waals surface area contributed by atoms with Gasteiger partial charge in [-0.25, -0.2) is 0 Å². The van der Waals surface area contributed by atoms with E-state index in [1.807, 2.05) is 11.6 Å². The summed E-state index contributed by atoms with van der Waals surface area (Å²) in [6.45, 7) is 2.26. The average molecular weight is 165 g/mol. The molecule has 0 aliphatic heterocycles. The Kier molecular flexibility index (Phi) is 1.87. The van der Waals surface area contributed by atoms with Gasteiger partial charge in [0, 0.05) is 13.0 Å². The van der Waals surface area contributed by atoms with E-state index in [0.29, 0.717) is 5.92 Å². The van der Waals surface area contributed by atoms with Gasteiger partial charge in [0.05, 0.1) is 0 Å². The zero-order chi connectivity index (χ0) is 8.55. The van der Waals surface area contributed by atoms with Gasteiger partial charge in [-0.3, -0.25) is 0 Å². The minimum Gasteiger partial charge on any atom is -0.320 e. The minimum atomic E-state index is 0.589. The Morgan fingerprint density at radius 3 is 2.75 bits per heavy atom. The predicted molar refractivity (Wildman–Crippen MR) is 46.8 cm³/mol. The van der Waals surface area contributed by atoms with Crippen molar-refractivity contribution >= 4 is 0 Å². The summed E-state index contributed by atoms with van der Waals surface area (Å²) in [5.41, 5.74) is 0. The van der Waals surface area contributed by atoms with Crippen LogP contribution >= 0.6 is 0 Å². The molecule has 0 spiro atoms. The fourth-order valence-electron chi connectivity index (χ4n) is 1.86. The number of aryl methyl sites for hydroxylation is 1. The van der Waals surface area contributed by atoms with Gasteiger partial charge in [0.2, 0.25) is 0 Å². The molecule has 1 aliphatic rings. The lowest BCUT2D eigenvalue weighted by molar-refractivity contribution is 0.262. The summed E-state index contributed by atoms with van der Waals surface area (Å²) in [5, 5.41) is 8.03. The van der Waals surface area contributed by atoms with Crippen LogP contribution in [0.3, 0.4) is 0 Å². The van der Waals surface area contributed by atoms with Crippen LogP contribution in [0.15, 0.2) is 6.33 Å². The molecular weight excluding hydrogens is 150 g/mol. The molecule has 1 fully saturated rings. The van der Waals surface area contributed by atoms with Crippen molar-refractivity contribution in [3.63, 3.8) is 0 Å². The molecule has 1 aliphatic carbocycles. The van der Waals surface area contributed by atoms with Crippen molar-refractivity contribution in [3.8, 4) is 0 Å². The van der Waals surface area contributed by atoms with E-state index in [2.05, 4.69) is 17.1 Å². The number of hydrogen-bond donors (Lipinski definition) is 0. The Hall–Kier alpha value is -0.860. The molecule has 0 N–H and O–H groups in total. The Bertz CT molecular complexity index is 262. The van der Waals surface area contributed by atoms with E-state index >= 15 is 0 Å². The maximum Gasteiger partial charge on any atom is 0.135 e. The lowest BCUT2D eigenvalue weighted by atomic mass is 9.76. The average Bonchev–Trinajstić information content (AvgIpc) is 2.31. The van der Waals surface area contributed by atoms with Gasteiger partial charge < -0.3 is 4.57 Å². The smallest absolute Gasteiger partial charge is 0.135 e. The van der Waals surface area contributed by atoms with Crippen LogP contribution in [0.25, 0.3) is 0 Å². The van der Waals surface area contributed by atoms with Crippen LogP contribution in [0.4, 0.5) is 0 Å². The monoisotopic (exact) mass is 165 g/mol. The molecule has 0 amide bonds. The number of aromatic nitrogens is 3. The summed E-state index contributed by atoms with van der Waals surface area (Å²) in [6, 6.07) is 0. The van der Waals surface area contributed by atoms with Crippen molar-refractivity contribution in [3.05, 3.63) is 12.2 Å². The Labute approximate surface area is 72.8 Å². The van der Waals surface area contributed by atoms with Gasteiger partial charge >= 0.3 is 0 Å². The molecule has 12 heavy (non-hydrogen) atoms. The Morgan fingerprint density at radius 1 is 1.58 bits per heavy atom. The summed E-state index contributed by atoms with van der Waals surface area (Å²) in [4.78, 5) is 0. The van der Waals surface area contributed by atoms with Gasteiger partial charge in [-0.2, -0.15) is 0 Å². The largest absolute Gasteiger partial charge is 0.320 e. The molecule has 0 bridgehead atoms. The quantitative estimate of drug-likeness (QED) is 0.668. The first-order chi connectivity index (χ1) is 5.79. The van der Waals surface area contributed by atoms with Crippen LogP contribution < -0.4 is 0 Å². The number of nitrogens with zero attached hydrogens (tertiary/aromatic N) is 3. The summed E-state index contributed by atoms with van der Waals surface area (Å²) < 4.78 is 2.03. The SMILES string of the molecule is CC(c1nncn1C)C1CCC1. The van der Waals surface area contributed by atoms with Crippen LogP contribution in [-0.4, -0.2) is 14.8 Å². The van der Waals surface area contributed by atoms with E-state index in [-0.39, 0.29) is 0 Å². The summed E-state index contributed by atoms with van der Waals surface area (Å²) in [6.07, 6.45) is 5.92. The first-order valence-electron chi connectivity index (χ1n) is 4.63. The van der Waals surface area contributed by atoms with Gasteiger partial charge in [0.15, 0.2) is 0 Å². The van der Waals surface area contributed by atoms with Crippen molar-refractivity contribution in [2.75, 3.05) is 0 Å². The highest BCUT2D eigenvalue weighted by molar-refractivity contribution is 4.98. The lowest BCUT2D eigenvalue weighted by Crippen LogP contribution is -2.20. The Morgan fingerprint density at radius 2 is 2.33 bits per heavy atom. The van der Waals surface area contributed by atoms with Crippen molar-refractivity contribution in [1.82, 2.24) is 14.8 Å². The van der Waals surface area contributed by atoms with E-state index in [9.17, 15) is 0 Å². The molecule has 0 radical (unpaired) electrons. The van der Waals surface area contributed by atoms with E-state index in [4.69, 9.17) is 0 Å². The van der Waals surface area contributed by atoms with Gasteiger partial charge in [0.25, 0.3) is 0 Å². The topological polar surface area (TPSA) is 30.7 Å². The summed E-state index contributed by atoms with van der Waals surface area (Å²) in [7, 11) is 2.02. The fourth-order valence-corrected chi connectivity index (χ4v) is 1.86. The van der Waals surface area contributed by atoms with Crippen LogP contribution in [0.5, 0.6) is 0 Å². The molecule has 1 atom stereocenters. The van der Waals surface area contributed by atoms with Gasteiger partial charge in [-0.1, -0.05) is 13.3 Å². The van der Waals surface area contributed by atoms with Gasteiger partial charge in [0.1, 0.15) is 12.2 Å². The number of hydrogen-bond acceptors (Lipinski definition) is 2. The fraction of sp³-hybridized carbons (Fsp3) is 0.778. The summed E-state index contributed by atoms with van der Waals surface area (Å²) >= 11 is 0. The van der Waals surface area contributed by atoms with Gasteiger partial charge in [-0.05, 0) is 18.8 Å². The molecule has 3 nitrogen and oxygen atoms in total. The number of rotatable bonds is 2. The highest BCUT2D eigenvalue weighted by atomic mass is 15.2. The second-order valence-electron chi connectivity index (χ2n) is 3.78. The zero-order valence-corrected chi connectivity index (χ0v) is 7.70. The molecule has 0 aromatic carbocycles. The Balaban J connectivity index is 2.13. The van der Waals surface area contributed by atoms with Crippen molar-refractivity contribution in [2.24, 2.45) is 13.0 Å². The first-order valence-corrected chi connectivity index (χ1v) is 4.63. The third kappa shape index (κ3) is 1.13. The van der Waals surface area contributed by atoms with Crippen LogP contribution in [-0.2, 0) is 7.05 Å². The van der Waals surface area contributed by atoms with Crippen molar-refractivity contribution in [2.45, 2.75) is 32.1 Å². The van der Waals surface area contributed by atoms with E-state index < -0.39 is 0 Å². The first kappa shape index (κ1) is 7.77. The molecule has 1 saturated carbocycles. The third-order valence-electron chi connectivity index (χ3n) is 3.01. The predicted octanol–water partition coefficient (Wildman–Crippen LogP) is 1.72. The maximum absolute atomic E-state index is 4.13. The molecule has 1 aromatic heterocycles. The van der Waals surface area contributed by atoms with Crippen molar-refractivity contribution in [1.29, 1.82) is 0 Å². The van der Waals surface area contributed by atoms with Gasteiger partial charge in [-0.15, -0.1) is 10.2 Å². The highest BCUT2D eigenvalue weighted by Crippen LogP contribution is 2.37. The van der Waals surface area contributed by atoms with Crippen LogP contribution in [0.1, 0.15) is 37.9 Å². The molecule has 66 valence electrons. The minimum absolute atomic E-state index is 0.589. The lowest BCUT2D eigenvalue weighted by Gasteiger charge is -2.30. The van der Waals surface area contributed by atoms with E-state index in [1.54, 1.807) is 6.33 Å². The maximum atomic E-state index is 4.13. The van der Waals surface area contributed by atoms with E-state index in [0.717, 1.165) is 11.7 Å². The van der Waals surface area contributed by atoms with Crippen LogP contribution in [0, 0.1) is 5.92 Å². The molecule has 1 unspecified atom stereocenters. The standard InChI is InChI=1S/C9H15N3/c1-7(8-4-3-5-8)9-11-10-6-12(9)2/h6-8H,3-5H2,1-2H3. The zero-order valence-electron chi connectivity index (χ0n) is 7.70. The normalized spacial score (nSPS) is 20.5. The molecular formula is C9H15N3. The molecule has 2 rings (SSSR count). The second-order valence-corrected chi connectivity index (χ2v) is 3.78.